The average molecular weight is 221 g/mol. The highest BCUT2D eigenvalue weighted by Crippen LogP contribution is 2.27. The first kappa shape index (κ1) is 10.5. The fourth-order valence-electron chi connectivity index (χ4n) is 1.31. The fourth-order valence-corrected chi connectivity index (χ4v) is 1.31. The maximum Gasteiger partial charge on any atom is 0.288 e. The Hall–Kier alpha value is -1.98. The Bertz CT molecular complexity index is 429. The van der Waals surface area contributed by atoms with Gasteiger partial charge in [0.2, 0.25) is 0 Å². The first-order chi connectivity index (χ1) is 7.66. The van der Waals surface area contributed by atoms with Gasteiger partial charge in [-0.3, -0.25) is 19.9 Å². The highest BCUT2D eigenvalue weighted by atomic mass is 16.6. The number of pyridine rings is 1. The molecule has 1 saturated carbocycles. The van der Waals surface area contributed by atoms with Crippen molar-refractivity contribution >= 4 is 11.6 Å². The zero-order valence-corrected chi connectivity index (χ0v) is 8.55. The quantitative estimate of drug-likeness (QED) is 0.610. The predicted octanol–water partition coefficient (Wildman–Crippen LogP) is 1.13. The molecule has 1 fully saturated rings. The minimum Gasteiger partial charge on any atom is -0.352 e. The fraction of sp³-hybridized carbons (Fsp3) is 0.400. The van der Waals surface area contributed by atoms with Crippen LogP contribution in [0.25, 0.3) is 0 Å². The van der Waals surface area contributed by atoms with Crippen molar-refractivity contribution in [2.24, 2.45) is 5.92 Å². The van der Waals surface area contributed by atoms with Crippen molar-refractivity contribution in [2.75, 3.05) is 6.54 Å². The van der Waals surface area contributed by atoms with Gasteiger partial charge >= 0.3 is 0 Å². The highest BCUT2D eigenvalue weighted by molar-refractivity contribution is 5.94. The van der Waals surface area contributed by atoms with Crippen LogP contribution in [-0.2, 0) is 0 Å². The van der Waals surface area contributed by atoms with Gasteiger partial charge in [-0.15, -0.1) is 0 Å². The summed E-state index contributed by atoms with van der Waals surface area (Å²) < 4.78 is 0. The summed E-state index contributed by atoms with van der Waals surface area (Å²) in [4.78, 5) is 25.2. The molecule has 84 valence electrons. The molecule has 0 radical (unpaired) electrons. The molecule has 0 aromatic carbocycles. The SMILES string of the molecule is O=C(NCC1CC1)c1cncc([N+](=O)[O-])c1. The van der Waals surface area contributed by atoms with Crippen molar-refractivity contribution in [3.63, 3.8) is 0 Å². The highest BCUT2D eigenvalue weighted by Gasteiger charge is 2.22. The van der Waals surface area contributed by atoms with Gasteiger partial charge in [0.15, 0.2) is 0 Å². The average Bonchev–Trinajstić information content (AvgIpc) is 3.10. The molecule has 0 bridgehead atoms. The summed E-state index contributed by atoms with van der Waals surface area (Å²) >= 11 is 0. The Morgan fingerprint density at radius 2 is 2.31 bits per heavy atom. The van der Waals surface area contributed by atoms with Gasteiger partial charge in [0, 0.05) is 18.8 Å². The van der Waals surface area contributed by atoms with E-state index in [2.05, 4.69) is 10.3 Å². The van der Waals surface area contributed by atoms with E-state index in [-0.39, 0.29) is 17.2 Å². The van der Waals surface area contributed by atoms with Crippen LogP contribution in [0.1, 0.15) is 23.2 Å². The van der Waals surface area contributed by atoms with Crippen LogP contribution in [0.15, 0.2) is 18.5 Å². The first-order valence-corrected chi connectivity index (χ1v) is 5.04. The molecule has 1 aromatic rings. The van der Waals surface area contributed by atoms with Gasteiger partial charge < -0.3 is 5.32 Å². The van der Waals surface area contributed by atoms with Crippen molar-refractivity contribution in [3.05, 3.63) is 34.1 Å². The van der Waals surface area contributed by atoms with Crippen molar-refractivity contribution in [2.45, 2.75) is 12.8 Å². The van der Waals surface area contributed by atoms with E-state index in [4.69, 9.17) is 0 Å². The van der Waals surface area contributed by atoms with E-state index < -0.39 is 4.92 Å². The Morgan fingerprint density at radius 1 is 1.56 bits per heavy atom. The molecule has 6 heteroatoms. The molecule has 1 amide bonds. The van der Waals surface area contributed by atoms with Gasteiger partial charge in [-0.05, 0) is 18.8 Å². The van der Waals surface area contributed by atoms with Crippen molar-refractivity contribution in [1.82, 2.24) is 10.3 Å². The summed E-state index contributed by atoms with van der Waals surface area (Å²) in [6.07, 6.45) is 4.74. The number of amides is 1. The number of nitrogens with one attached hydrogen (secondary N) is 1. The molecular formula is C10H11N3O3. The topological polar surface area (TPSA) is 85.1 Å². The van der Waals surface area contributed by atoms with E-state index >= 15 is 0 Å². The lowest BCUT2D eigenvalue weighted by Gasteiger charge is -2.02. The van der Waals surface area contributed by atoms with E-state index in [1.54, 1.807) is 0 Å². The third kappa shape index (κ3) is 2.53. The normalized spacial score (nSPS) is 14.5. The molecule has 1 heterocycles. The largest absolute Gasteiger partial charge is 0.352 e. The van der Waals surface area contributed by atoms with Crippen molar-refractivity contribution in [1.29, 1.82) is 0 Å². The van der Waals surface area contributed by atoms with Crippen LogP contribution in [0, 0.1) is 16.0 Å². The van der Waals surface area contributed by atoms with E-state index in [1.807, 2.05) is 0 Å². The maximum atomic E-state index is 11.6. The van der Waals surface area contributed by atoms with E-state index in [0.717, 1.165) is 19.0 Å². The van der Waals surface area contributed by atoms with Crippen molar-refractivity contribution in [3.8, 4) is 0 Å². The summed E-state index contributed by atoms with van der Waals surface area (Å²) in [5.74, 6) is 0.277. The zero-order chi connectivity index (χ0) is 11.5. The number of rotatable bonds is 4. The molecule has 0 atom stereocenters. The predicted molar refractivity (Wildman–Crippen MR) is 55.9 cm³/mol. The second-order valence-corrected chi connectivity index (χ2v) is 3.84. The van der Waals surface area contributed by atoms with Crippen LogP contribution >= 0.6 is 0 Å². The second-order valence-electron chi connectivity index (χ2n) is 3.84. The monoisotopic (exact) mass is 221 g/mol. The van der Waals surface area contributed by atoms with Gasteiger partial charge in [0.25, 0.3) is 11.6 Å². The molecule has 0 unspecified atom stereocenters. The molecule has 0 aliphatic heterocycles. The Labute approximate surface area is 91.8 Å². The smallest absolute Gasteiger partial charge is 0.288 e. The van der Waals surface area contributed by atoms with Crippen LogP contribution in [0.3, 0.4) is 0 Å². The lowest BCUT2D eigenvalue weighted by Crippen LogP contribution is -2.25. The minimum atomic E-state index is -0.565. The van der Waals surface area contributed by atoms with Crippen LogP contribution in [-0.4, -0.2) is 22.4 Å². The molecule has 1 N–H and O–H groups in total. The van der Waals surface area contributed by atoms with Gasteiger partial charge in [-0.1, -0.05) is 0 Å². The van der Waals surface area contributed by atoms with Crippen LogP contribution in [0.4, 0.5) is 5.69 Å². The Kier molecular flexibility index (Phi) is 2.80. The van der Waals surface area contributed by atoms with Crippen LogP contribution < -0.4 is 5.32 Å². The summed E-state index contributed by atoms with van der Waals surface area (Å²) in [5, 5.41) is 13.2. The molecule has 0 saturated heterocycles. The molecule has 16 heavy (non-hydrogen) atoms. The van der Waals surface area contributed by atoms with Gasteiger partial charge in [-0.25, -0.2) is 0 Å². The number of aromatic nitrogens is 1. The van der Waals surface area contributed by atoms with E-state index in [1.165, 1.54) is 12.3 Å². The summed E-state index contributed by atoms with van der Waals surface area (Å²) in [7, 11) is 0. The molecule has 6 nitrogen and oxygen atoms in total. The Morgan fingerprint density at radius 3 is 2.94 bits per heavy atom. The maximum absolute atomic E-state index is 11.6. The number of carbonyl (C=O) groups is 1. The summed E-state index contributed by atoms with van der Waals surface area (Å²) in [5.41, 5.74) is 0.0638. The Balaban J connectivity index is 2.03. The van der Waals surface area contributed by atoms with Gasteiger partial charge in [-0.2, -0.15) is 0 Å². The van der Waals surface area contributed by atoms with Crippen LogP contribution in [0.2, 0.25) is 0 Å². The zero-order valence-electron chi connectivity index (χ0n) is 8.55. The molecule has 1 aliphatic carbocycles. The minimum absolute atomic E-state index is 0.168. The lowest BCUT2D eigenvalue weighted by molar-refractivity contribution is -0.385. The molecular weight excluding hydrogens is 210 g/mol. The number of hydrogen-bond acceptors (Lipinski definition) is 4. The molecule has 1 aliphatic rings. The number of carbonyl (C=O) groups excluding carboxylic acids is 1. The van der Waals surface area contributed by atoms with E-state index in [0.29, 0.717) is 12.5 Å². The second kappa shape index (κ2) is 4.26. The standard InChI is InChI=1S/C10H11N3O3/c14-10(12-4-7-1-2-7)8-3-9(13(15)16)6-11-5-8/h3,5-7H,1-2,4H2,(H,12,14). The van der Waals surface area contributed by atoms with Gasteiger partial charge in [0.1, 0.15) is 6.20 Å². The van der Waals surface area contributed by atoms with E-state index in [9.17, 15) is 14.9 Å². The number of nitro groups is 1. The lowest BCUT2D eigenvalue weighted by atomic mass is 10.2. The molecule has 0 spiro atoms. The van der Waals surface area contributed by atoms with Crippen LogP contribution in [0.5, 0.6) is 0 Å². The third-order valence-corrected chi connectivity index (χ3v) is 2.45. The molecule has 1 aromatic heterocycles. The first-order valence-electron chi connectivity index (χ1n) is 5.04. The number of nitrogens with zero attached hydrogens (tertiary/aromatic N) is 2. The van der Waals surface area contributed by atoms with Crippen molar-refractivity contribution < 1.29 is 9.72 Å². The summed E-state index contributed by atoms with van der Waals surface area (Å²) in [6, 6.07) is 1.23. The third-order valence-electron chi connectivity index (χ3n) is 2.45. The molecule has 2 rings (SSSR count). The summed E-state index contributed by atoms with van der Waals surface area (Å²) in [6.45, 7) is 0.640. The number of hydrogen-bond donors (Lipinski definition) is 1. The van der Waals surface area contributed by atoms with Gasteiger partial charge in [0.05, 0.1) is 10.5 Å².